The Bertz CT molecular complexity index is 677. The van der Waals surface area contributed by atoms with Crippen molar-refractivity contribution >= 4 is 38.5 Å². The van der Waals surface area contributed by atoms with E-state index in [0.29, 0.717) is 5.13 Å². The Morgan fingerprint density at radius 2 is 2.14 bits per heavy atom. The van der Waals surface area contributed by atoms with Crippen molar-refractivity contribution < 1.29 is 9.53 Å². The second-order valence-corrected chi connectivity index (χ2v) is 7.99. The Morgan fingerprint density at radius 3 is 2.77 bits per heavy atom. The van der Waals surface area contributed by atoms with E-state index in [1.54, 1.807) is 6.20 Å². The van der Waals surface area contributed by atoms with Crippen molar-refractivity contribution in [3.63, 3.8) is 0 Å². The lowest BCUT2D eigenvalue weighted by molar-refractivity contribution is 0.0636. The summed E-state index contributed by atoms with van der Waals surface area (Å²) in [6.45, 7) is 7.55. The topological polar surface area (TPSA) is 51.2 Å². The average molecular weight is 383 g/mol. The second kappa shape index (κ2) is 6.79. The Labute approximate surface area is 143 Å². The molecule has 118 valence electrons. The highest BCUT2D eigenvalue weighted by Crippen LogP contribution is 2.24. The van der Waals surface area contributed by atoms with Crippen LogP contribution in [0.4, 0.5) is 9.93 Å². The van der Waals surface area contributed by atoms with Crippen LogP contribution in [-0.4, -0.2) is 16.7 Å². The van der Waals surface area contributed by atoms with Crippen molar-refractivity contribution in [3.8, 4) is 0 Å². The monoisotopic (exact) mass is 382 g/mol. The normalized spacial score (nSPS) is 11.3. The number of nitrogens with one attached hydrogen (secondary N) is 1. The first-order chi connectivity index (χ1) is 10.2. The van der Waals surface area contributed by atoms with Gasteiger partial charge < -0.3 is 4.74 Å². The number of amides is 1. The molecule has 22 heavy (non-hydrogen) atoms. The minimum Gasteiger partial charge on any atom is -0.444 e. The molecule has 0 unspecified atom stereocenters. The van der Waals surface area contributed by atoms with Crippen LogP contribution in [0.5, 0.6) is 0 Å². The zero-order valence-corrected chi connectivity index (χ0v) is 15.5. The van der Waals surface area contributed by atoms with E-state index in [9.17, 15) is 4.79 Å². The molecule has 0 saturated carbocycles. The summed E-state index contributed by atoms with van der Waals surface area (Å²) in [7, 11) is 0. The van der Waals surface area contributed by atoms with Gasteiger partial charge in [-0.05, 0) is 44.9 Å². The fourth-order valence-corrected chi connectivity index (χ4v) is 2.93. The van der Waals surface area contributed by atoms with E-state index in [-0.39, 0.29) is 0 Å². The van der Waals surface area contributed by atoms with Gasteiger partial charge in [-0.3, -0.25) is 5.32 Å². The standard InChI is InChI=1S/C16H19BrN2O2S/c1-10-7-11(5-6-13(10)17)8-12-9-18-14(22-12)19-15(20)21-16(2,3)4/h5-7,9H,8H2,1-4H3,(H,18,19,20). The van der Waals surface area contributed by atoms with Crippen LogP contribution in [0.2, 0.25) is 0 Å². The van der Waals surface area contributed by atoms with E-state index in [0.717, 1.165) is 15.8 Å². The number of carbonyl (C=O) groups excluding carboxylic acids is 1. The first kappa shape index (κ1) is 17.0. The maximum Gasteiger partial charge on any atom is 0.413 e. The van der Waals surface area contributed by atoms with E-state index >= 15 is 0 Å². The summed E-state index contributed by atoms with van der Waals surface area (Å²) in [4.78, 5) is 17.0. The van der Waals surface area contributed by atoms with Gasteiger partial charge in [0.15, 0.2) is 5.13 Å². The van der Waals surface area contributed by atoms with Crippen LogP contribution >= 0.6 is 27.3 Å². The summed E-state index contributed by atoms with van der Waals surface area (Å²) in [6, 6.07) is 6.27. The van der Waals surface area contributed by atoms with E-state index in [4.69, 9.17) is 4.74 Å². The summed E-state index contributed by atoms with van der Waals surface area (Å²) in [6.07, 6.45) is 2.10. The third-order valence-electron chi connectivity index (χ3n) is 2.76. The number of halogens is 1. The zero-order valence-electron chi connectivity index (χ0n) is 13.1. The Balaban J connectivity index is 1.99. The number of carbonyl (C=O) groups is 1. The van der Waals surface area contributed by atoms with Gasteiger partial charge in [-0.25, -0.2) is 9.78 Å². The van der Waals surface area contributed by atoms with Crippen LogP contribution in [-0.2, 0) is 11.2 Å². The third-order valence-corrected chi connectivity index (χ3v) is 4.56. The van der Waals surface area contributed by atoms with Gasteiger partial charge in [0.1, 0.15) is 5.60 Å². The summed E-state index contributed by atoms with van der Waals surface area (Å²) in [5, 5.41) is 3.22. The number of hydrogen-bond acceptors (Lipinski definition) is 4. The summed E-state index contributed by atoms with van der Waals surface area (Å²) >= 11 is 4.96. The van der Waals surface area contributed by atoms with Gasteiger partial charge in [0.2, 0.25) is 0 Å². The minimum atomic E-state index is -0.515. The highest BCUT2D eigenvalue weighted by molar-refractivity contribution is 9.10. The lowest BCUT2D eigenvalue weighted by Gasteiger charge is -2.18. The van der Waals surface area contributed by atoms with Crippen LogP contribution in [0.15, 0.2) is 28.9 Å². The third kappa shape index (κ3) is 5.10. The van der Waals surface area contributed by atoms with Gasteiger partial charge in [0, 0.05) is 22.0 Å². The Kier molecular flexibility index (Phi) is 5.24. The zero-order chi connectivity index (χ0) is 16.3. The molecule has 1 heterocycles. The molecular formula is C16H19BrN2O2S. The highest BCUT2D eigenvalue weighted by atomic mass is 79.9. The quantitative estimate of drug-likeness (QED) is 0.797. The Morgan fingerprint density at radius 1 is 1.41 bits per heavy atom. The van der Waals surface area contributed by atoms with E-state index in [1.165, 1.54) is 22.5 Å². The molecule has 4 nitrogen and oxygen atoms in total. The molecule has 2 rings (SSSR count). The molecule has 0 saturated heterocycles. The van der Waals surface area contributed by atoms with E-state index in [1.807, 2.05) is 26.8 Å². The van der Waals surface area contributed by atoms with E-state index < -0.39 is 11.7 Å². The van der Waals surface area contributed by atoms with Gasteiger partial charge in [-0.2, -0.15) is 0 Å². The molecule has 0 aliphatic carbocycles. The molecule has 0 fully saturated rings. The van der Waals surface area contributed by atoms with Gasteiger partial charge in [-0.1, -0.05) is 28.1 Å². The number of benzene rings is 1. The smallest absolute Gasteiger partial charge is 0.413 e. The van der Waals surface area contributed by atoms with Gasteiger partial charge >= 0.3 is 6.09 Å². The Hall–Kier alpha value is -1.40. The molecule has 0 aliphatic heterocycles. The molecule has 0 atom stereocenters. The van der Waals surface area contributed by atoms with Gasteiger partial charge in [0.05, 0.1) is 0 Å². The molecule has 0 radical (unpaired) electrons. The van der Waals surface area contributed by atoms with Crippen molar-refractivity contribution in [1.82, 2.24) is 4.98 Å². The van der Waals surface area contributed by atoms with Crippen molar-refractivity contribution in [2.45, 2.75) is 39.7 Å². The first-order valence-corrected chi connectivity index (χ1v) is 8.53. The van der Waals surface area contributed by atoms with Crippen LogP contribution in [0.25, 0.3) is 0 Å². The average Bonchev–Trinajstić information content (AvgIpc) is 2.78. The number of nitrogens with zero attached hydrogens (tertiary/aromatic N) is 1. The molecule has 1 aromatic carbocycles. The maximum atomic E-state index is 11.7. The molecular weight excluding hydrogens is 364 g/mol. The van der Waals surface area contributed by atoms with Gasteiger partial charge in [-0.15, -0.1) is 11.3 Å². The second-order valence-electron chi connectivity index (χ2n) is 6.02. The number of aryl methyl sites for hydroxylation is 1. The molecule has 0 bridgehead atoms. The van der Waals surface area contributed by atoms with Crippen molar-refractivity contribution in [2.75, 3.05) is 5.32 Å². The van der Waals surface area contributed by atoms with Crippen LogP contribution in [0, 0.1) is 6.92 Å². The SMILES string of the molecule is Cc1cc(Cc2cnc(NC(=O)OC(C)(C)C)s2)ccc1Br. The highest BCUT2D eigenvalue weighted by Gasteiger charge is 2.17. The molecule has 6 heteroatoms. The molecule has 0 spiro atoms. The fourth-order valence-electron chi connectivity index (χ4n) is 1.86. The van der Waals surface area contributed by atoms with Crippen LogP contribution in [0.3, 0.4) is 0 Å². The number of aromatic nitrogens is 1. The molecule has 0 aliphatic rings. The van der Waals surface area contributed by atoms with Crippen molar-refractivity contribution in [2.24, 2.45) is 0 Å². The molecule has 1 aromatic heterocycles. The fraction of sp³-hybridized carbons (Fsp3) is 0.375. The summed E-state index contributed by atoms with van der Waals surface area (Å²) < 4.78 is 6.31. The van der Waals surface area contributed by atoms with Crippen LogP contribution in [0.1, 0.15) is 36.8 Å². The van der Waals surface area contributed by atoms with Crippen LogP contribution < -0.4 is 5.32 Å². The number of anilines is 1. The minimum absolute atomic E-state index is 0.479. The molecule has 1 amide bonds. The number of hydrogen-bond donors (Lipinski definition) is 1. The molecule has 1 N–H and O–H groups in total. The van der Waals surface area contributed by atoms with Gasteiger partial charge in [0.25, 0.3) is 0 Å². The number of rotatable bonds is 3. The van der Waals surface area contributed by atoms with E-state index in [2.05, 4.69) is 45.3 Å². The molecule has 2 aromatic rings. The lowest BCUT2D eigenvalue weighted by Crippen LogP contribution is -2.27. The largest absolute Gasteiger partial charge is 0.444 e. The first-order valence-electron chi connectivity index (χ1n) is 6.93. The lowest BCUT2D eigenvalue weighted by atomic mass is 10.1. The summed E-state index contributed by atoms with van der Waals surface area (Å²) in [5.41, 5.74) is 1.90. The van der Waals surface area contributed by atoms with Crippen molar-refractivity contribution in [3.05, 3.63) is 44.9 Å². The predicted molar refractivity (Wildman–Crippen MR) is 93.7 cm³/mol. The number of ether oxygens (including phenoxy) is 1. The van der Waals surface area contributed by atoms with Crippen molar-refractivity contribution in [1.29, 1.82) is 0 Å². The predicted octanol–water partition coefficient (Wildman–Crippen LogP) is 5.15. The number of thiazole rings is 1. The maximum absolute atomic E-state index is 11.7. The summed E-state index contributed by atoms with van der Waals surface area (Å²) in [5.74, 6) is 0.